The molecule has 1 amide bonds. The molecule has 0 spiro atoms. The SMILES string of the molecule is CCOC(=O)NC(C)c1cccc(N)c1. The number of hydrogen-bond acceptors (Lipinski definition) is 3. The molecule has 0 aliphatic heterocycles. The van der Waals surface area contributed by atoms with Gasteiger partial charge < -0.3 is 15.8 Å². The molecule has 3 N–H and O–H groups in total. The van der Waals surface area contributed by atoms with Gasteiger partial charge in [-0.05, 0) is 31.5 Å². The first-order chi connectivity index (χ1) is 7.13. The standard InChI is InChI=1S/C11H16N2O2/c1-3-15-11(14)13-8(2)9-5-4-6-10(12)7-9/h4-8H,3,12H2,1-2H3,(H,13,14). The Kier molecular flexibility index (Phi) is 3.97. The molecule has 82 valence electrons. The zero-order chi connectivity index (χ0) is 11.3. The largest absolute Gasteiger partial charge is 0.450 e. The molecule has 4 nitrogen and oxygen atoms in total. The van der Waals surface area contributed by atoms with Crippen molar-refractivity contribution in [3.63, 3.8) is 0 Å². The number of nitrogen functional groups attached to an aromatic ring is 1. The van der Waals surface area contributed by atoms with Gasteiger partial charge in [0, 0.05) is 5.69 Å². The van der Waals surface area contributed by atoms with Gasteiger partial charge in [0.1, 0.15) is 0 Å². The van der Waals surface area contributed by atoms with Crippen LogP contribution in [0.3, 0.4) is 0 Å². The van der Waals surface area contributed by atoms with Crippen molar-refractivity contribution < 1.29 is 9.53 Å². The Morgan fingerprint density at radius 3 is 2.93 bits per heavy atom. The number of carbonyl (C=O) groups is 1. The van der Waals surface area contributed by atoms with E-state index in [0.29, 0.717) is 12.3 Å². The van der Waals surface area contributed by atoms with Crippen molar-refractivity contribution in [1.82, 2.24) is 5.32 Å². The third-order valence-electron chi connectivity index (χ3n) is 2.02. The monoisotopic (exact) mass is 208 g/mol. The summed E-state index contributed by atoms with van der Waals surface area (Å²) in [5, 5.41) is 2.71. The molecular weight excluding hydrogens is 192 g/mol. The average molecular weight is 208 g/mol. The fourth-order valence-corrected chi connectivity index (χ4v) is 1.26. The summed E-state index contributed by atoms with van der Waals surface area (Å²) in [5.74, 6) is 0. The van der Waals surface area contributed by atoms with E-state index in [-0.39, 0.29) is 6.04 Å². The Morgan fingerprint density at radius 1 is 1.60 bits per heavy atom. The third-order valence-corrected chi connectivity index (χ3v) is 2.02. The molecule has 1 atom stereocenters. The fraction of sp³-hybridized carbons (Fsp3) is 0.364. The molecule has 1 aromatic rings. The number of alkyl carbamates (subject to hydrolysis) is 1. The normalized spacial score (nSPS) is 11.9. The number of nitrogens with one attached hydrogen (secondary N) is 1. The average Bonchev–Trinajstić information content (AvgIpc) is 2.18. The summed E-state index contributed by atoms with van der Waals surface area (Å²) in [7, 11) is 0. The molecule has 0 aliphatic carbocycles. The molecule has 4 heteroatoms. The first kappa shape index (κ1) is 11.4. The van der Waals surface area contributed by atoms with Crippen LogP contribution in [0.2, 0.25) is 0 Å². The van der Waals surface area contributed by atoms with Crippen molar-refractivity contribution in [2.24, 2.45) is 0 Å². The minimum Gasteiger partial charge on any atom is -0.450 e. The Hall–Kier alpha value is -1.71. The summed E-state index contributed by atoms with van der Waals surface area (Å²) in [5.41, 5.74) is 7.29. The number of nitrogens with two attached hydrogens (primary N) is 1. The number of rotatable bonds is 3. The van der Waals surface area contributed by atoms with Crippen molar-refractivity contribution in [2.75, 3.05) is 12.3 Å². The Balaban J connectivity index is 2.60. The predicted octanol–water partition coefficient (Wildman–Crippen LogP) is 2.08. The molecule has 0 aliphatic rings. The van der Waals surface area contributed by atoms with Crippen molar-refractivity contribution >= 4 is 11.8 Å². The lowest BCUT2D eigenvalue weighted by molar-refractivity contribution is 0.149. The topological polar surface area (TPSA) is 64.3 Å². The predicted molar refractivity (Wildman–Crippen MR) is 59.4 cm³/mol. The maximum absolute atomic E-state index is 11.1. The van der Waals surface area contributed by atoms with Gasteiger partial charge in [-0.15, -0.1) is 0 Å². The first-order valence-electron chi connectivity index (χ1n) is 4.92. The molecule has 0 saturated carbocycles. The van der Waals surface area contributed by atoms with Crippen molar-refractivity contribution in [3.8, 4) is 0 Å². The number of anilines is 1. The van der Waals surface area contributed by atoms with Gasteiger partial charge in [0.15, 0.2) is 0 Å². The van der Waals surface area contributed by atoms with Gasteiger partial charge in [0.2, 0.25) is 0 Å². The number of hydrogen-bond donors (Lipinski definition) is 2. The van der Waals surface area contributed by atoms with Gasteiger partial charge in [-0.1, -0.05) is 12.1 Å². The van der Waals surface area contributed by atoms with Crippen LogP contribution in [0.1, 0.15) is 25.5 Å². The molecule has 0 saturated heterocycles. The van der Waals surface area contributed by atoms with Crippen LogP contribution < -0.4 is 11.1 Å². The van der Waals surface area contributed by atoms with Crippen LogP contribution in [-0.4, -0.2) is 12.7 Å². The van der Waals surface area contributed by atoms with E-state index in [1.165, 1.54) is 0 Å². The Bertz CT molecular complexity index is 339. The highest BCUT2D eigenvalue weighted by molar-refractivity contribution is 5.67. The first-order valence-corrected chi connectivity index (χ1v) is 4.92. The smallest absolute Gasteiger partial charge is 0.407 e. The zero-order valence-corrected chi connectivity index (χ0v) is 8.99. The van der Waals surface area contributed by atoms with E-state index in [1.54, 1.807) is 13.0 Å². The van der Waals surface area contributed by atoms with Crippen LogP contribution in [0.4, 0.5) is 10.5 Å². The molecule has 0 aromatic heterocycles. The maximum atomic E-state index is 11.1. The third kappa shape index (κ3) is 3.50. The van der Waals surface area contributed by atoms with Gasteiger partial charge in [-0.25, -0.2) is 4.79 Å². The summed E-state index contributed by atoms with van der Waals surface area (Å²) >= 11 is 0. The van der Waals surface area contributed by atoms with E-state index in [9.17, 15) is 4.79 Å². The molecular formula is C11H16N2O2. The fourth-order valence-electron chi connectivity index (χ4n) is 1.26. The molecule has 1 unspecified atom stereocenters. The molecule has 15 heavy (non-hydrogen) atoms. The van der Waals surface area contributed by atoms with Crippen molar-refractivity contribution in [2.45, 2.75) is 19.9 Å². The van der Waals surface area contributed by atoms with E-state index >= 15 is 0 Å². The zero-order valence-electron chi connectivity index (χ0n) is 8.99. The van der Waals surface area contributed by atoms with Crippen LogP contribution in [0.15, 0.2) is 24.3 Å². The lowest BCUT2D eigenvalue weighted by atomic mass is 10.1. The summed E-state index contributed by atoms with van der Waals surface area (Å²) in [4.78, 5) is 11.1. The number of ether oxygens (including phenoxy) is 1. The number of amides is 1. The van der Waals surface area contributed by atoms with E-state index < -0.39 is 6.09 Å². The van der Waals surface area contributed by atoms with Gasteiger partial charge in [0.25, 0.3) is 0 Å². The summed E-state index contributed by atoms with van der Waals surface area (Å²) in [6, 6.07) is 7.30. The lowest BCUT2D eigenvalue weighted by Gasteiger charge is -2.14. The highest BCUT2D eigenvalue weighted by atomic mass is 16.5. The van der Waals surface area contributed by atoms with Crippen LogP contribution in [0.5, 0.6) is 0 Å². The highest BCUT2D eigenvalue weighted by Crippen LogP contribution is 2.15. The van der Waals surface area contributed by atoms with Gasteiger partial charge in [0.05, 0.1) is 12.6 Å². The second-order valence-electron chi connectivity index (χ2n) is 3.26. The van der Waals surface area contributed by atoms with Crippen LogP contribution >= 0.6 is 0 Å². The molecule has 0 heterocycles. The second-order valence-corrected chi connectivity index (χ2v) is 3.26. The lowest BCUT2D eigenvalue weighted by Crippen LogP contribution is -2.27. The van der Waals surface area contributed by atoms with E-state index in [4.69, 9.17) is 10.5 Å². The quantitative estimate of drug-likeness (QED) is 0.747. The molecule has 0 fully saturated rings. The molecule has 0 bridgehead atoms. The highest BCUT2D eigenvalue weighted by Gasteiger charge is 2.09. The minimum atomic E-state index is -0.410. The Labute approximate surface area is 89.4 Å². The second kappa shape index (κ2) is 5.24. The van der Waals surface area contributed by atoms with E-state index in [1.807, 2.05) is 25.1 Å². The summed E-state index contributed by atoms with van der Waals surface area (Å²) < 4.78 is 4.78. The van der Waals surface area contributed by atoms with Crippen molar-refractivity contribution in [3.05, 3.63) is 29.8 Å². The van der Waals surface area contributed by atoms with Gasteiger partial charge in [-0.3, -0.25) is 0 Å². The summed E-state index contributed by atoms with van der Waals surface area (Å²) in [6.07, 6.45) is -0.410. The molecule has 1 rings (SSSR count). The van der Waals surface area contributed by atoms with Gasteiger partial charge in [-0.2, -0.15) is 0 Å². The van der Waals surface area contributed by atoms with Gasteiger partial charge >= 0.3 is 6.09 Å². The van der Waals surface area contributed by atoms with Crippen LogP contribution in [0.25, 0.3) is 0 Å². The summed E-state index contributed by atoms with van der Waals surface area (Å²) in [6.45, 7) is 4.02. The maximum Gasteiger partial charge on any atom is 0.407 e. The van der Waals surface area contributed by atoms with E-state index in [2.05, 4.69) is 5.32 Å². The Morgan fingerprint density at radius 2 is 2.33 bits per heavy atom. The van der Waals surface area contributed by atoms with Crippen LogP contribution in [-0.2, 0) is 4.74 Å². The number of benzene rings is 1. The minimum absolute atomic E-state index is 0.104. The number of carbonyl (C=O) groups excluding carboxylic acids is 1. The van der Waals surface area contributed by atoms with Crippen molar-refractivity contribution in [1.29, 1.82) is 0 Å². The van der Waals surface area contributed by atoms with Crippen LogP contribution in [0, 0.1) is 0 Å². The molecule has 1 aromatic carbocycles. The molecule has 0 radical (unpaired) electrons. The van der Waals surface area contributed by atoms with E-state index in [0.717, 1.165) is 5.56 Å².